The van der Waals surface area contributed by atoms with E-state index < -0.39 is 5.82 Å². The van der Waals surface area contributed by atoms with E-state index in [1.807, 2.05) is 0 Å². The molecule has 0 aromatic heterocycles. The average Bonchev–Trinajstić information content (AvgIpc) is 2.39. The molecule has 98 valence electrons. The van der Waals surface area contributed by atoms with Gasteiger partial charge >= 0.3 is 0 Å². The fourth-order valence-electron chi connectivity index (χ4n) is 2.62. The Morgan fingerprint density at radius 1 is 1.50 bits per heavy atom. The number of aldehydes is 1. The molecule has 0 saturated carbocycles. The molecule has 1 unspecified atom stereocenters. The molecule has 1 aromatic rings. The molecule has 2 rings (SSSR count). The van der Waals surface area contributed by atoms with Crippen LogP contribution in [0.2, 0.25) is 0 Å². The zero-order chi connectivity index (χ0) is 13.0. The third-order valence-corrected chi connectivity index (χ3v) is 3.54. The summed E-state index contributed by atoms with van der Waals surface area (Å²) in [6.45, 7) is 1.80. The monoisotopic (exact) mass is 251 g/mol. The van der Waals surface area contributed by atoms with Crippen molar-refractivity contribution >= 4 is 12.0 Å². The van der Waals surface area contributed by atoms with Gasteiger partial charge in [0.15, 0.2) is 6.29 Å². The number of piperidine rings is 1. The Labute approximate surface area is 106 Å². The maximum Gasteiger partial charge on any atom is 0.155 e. The summed E-state index contributed by atoms with van der Waals surface area (Å²) in [6.07, 6.45) is 3.45. The third kappa shape index (κ3) is 2.70. The van der Waals surface area contributed by atoms with Gasteiger partial charge in [-0.05, 0) is 37.3 Å². The molecule has 18 heavy (non-hydrogen) atoms. The number of nitrogens with zero attached hydrogens (tertiary/aromatic N) is 1. The van der Waals surface area contributed by atoms with E-state index in [2.05, 4.69) is 4.90 Å². The van der Waals surface area contributed by atoms with Gasteiger partial charge in [0, 0.05) is 19.7 Å². The number of aliphatic hydroxyl groups is 1. The molecule has 0 aliphatic carbocycles. The molecule has 3 nitrogen and oxygen atoms in total. The molecule has 1 heterocycles. The van der Waals surface area contributed by atoms with Crippen molar-refractivity contribution < 1.29 is 14.3 Å². The Hall–Kier alpha value is -1.42. The van der Waals surface area contributed by atoms with Crippen molar-refractivity contribution in [3.05, 3.63) is 29.6 Å². The molecule has 4 heteroatoms. The number of aliphatic hydroxyl groups excluding tert-OH is 1. The summed E-state index contributed by atoms with van der Waals surface area (Å²) in [6, 6.07) is 4.73. The first kappa shape index (κ1) is 13.0. The number of benzene rings is 1. The number of hydrogen-bond acceptors (Lipinski definition) is 3. The number of rotatable bonds is 4. The lowest BCUT2D eigenvalue weighted by Crippen LogP contribution is -2.36. The van der Waals surface area contributed by atoms with Crippen LogP contribution in [0.3, 0.4) is 0 Å². The minimum absolute atomic E-state index is 0.141. The first-order valence-electron chi connectivity index (χ1n) is 6.35. The van der Waals surface area contributed by atoms with E-state index in [-0.39, 0.29) is 12.2 Å². The van der Waals surface area contributed by atoms with E-state index in [0.29, 0.717) is 17.9 Å². The molecule has 1 fully saturated rings. The van der Waals surface area contributed by atoms with Crippen LogP contribution in [0.1, 0.15) is 29.6 Å². The summed E-state index contributed by atoms with van der Waals surface area (Å²) >= 11 is 0. The molecule has 1 atom stereocenters. The van der Waals surface area contributed by atoms with Crippen LogP contribution < -0.4 is 4.90 Å². The smallest absolute Gasteiger partial charge is 0.155 e. The van der Waals surface area contributed by atoms with Crippen molar-refractivity contribution in [2.75, 3.05) is 24.6 Å². The highest BCUT2D eigenvalue weighted by atomic mass is 19.1. The van der Waals surface area contributed by atoms with Crippen LogP contribution in [0.4, 0.5) is 10.1 Å². The second-order valence-electron chi connectivity index (χ2n) is 4.76. The summed E-state index contributed by atoms with van der Waals surface area (Å²) in [7, 11) is 0. The van der Waals surface area contributed by atoms with Crippen LogP contribution in [0.15, 0.2) is 18.2 Å². The highest BCUT2D eigenvalue weighted by Gasteiger charge is 2.22. The van der Waals surface area contributed by atoms with Gasteiger partial charge in [-0.2, -0.15) is 0 Å². The topological polar surface area (TPSA) is 40.5 Å². The van der Waals surface area contributed by atoms with Crippen LogP contribution >= 0.6 is 0 Å². The average molecular weight is 251 g/mol. The fraction of sp³-hybridized carbons (Fsp3) is 0.500. The summed E-state index contributed by atoms with van der Waals surface area (Å²) in [5, 5.41) is 8.99. The van der Waals surface area contributed by atoms with Crippen molar-refractivity contribution in [3.8, 4) is 0 Å². The van der Waals surface area contributed by atoms with Crippen LogP contribution in [-0.4, -0.2) is 31.1 Å². The van der Waals surface area contributed by atoms with Crippen LogP contribution in [0.25, 0.3) is 0 Å². The maximum atomic E-state index is 13.6. The number of carbonyl (C=O) groups is 1. The van der Waals surface area contributed by atoms with Crippen LogP contribution in [-0.2, 0) is 0 Å². The lowest BCUT2D eigenvalue weighted by Gasteiger charge is -2.35. The summed E-state index contributed by atoms with van der Waals surface area (Å²) in [5.41, 5.74) is 0.815. The Morgan fingerprint density at radius 2 is 2.33 bits per heavy atom. The van der Waals surface area contributed by atoms with E-state index in [1.54, 1.807) is 12.1 Å². The van der Waals surface area contributed by atoms with Gasteiger partial charge in [0.1, 0.15) is 5.82 Å². The van der Waals surface area contributed by atoms with Gasteiger partial charge < -0.3 is 10.0 Å². The Kier molecular flexibility index (Phi) is 4.31. The molecule has 0 spiro atoms. The van der Waals surface area contributed by atoms with E-state index in [9.17, 15) is 9.18 Å². The lowest BCUT2D eigenvalue weighted by atomic mass is 9.94. The van der Waals surface area contributed by atoms with Crippen molar-refractivity contribution in [1.82, 2.24) is 0 Å². The number of carbonyl (C=O) groups excluding carboxylic acids is 1. The maximum absolute atomic E-state index is 13.6. The normalized spacial score (nSPS) is 19.9. The fourth-order valence-corrected chi connectivity index (χ4v) is 2.62. The standard InChI is InChI=1S/C14H18FNO2/c15-13-4-1-5-14(12(13)10-18)16-7-2-3-11(9-16)6-8-17/h1,4-5,10-11,17H,2-3,6-9H2. The molecule has 0 amide bonds. The molecular formula is C14H18FNO2. The van der Waals surface area contributed by atoms with Gasteiger partial charge in [0.05, 0.1) is 11.3 Å². The van der Waals surface area contributed by atoms with E-state index in [1.165, 1.54) is 6.07 Å². The van der Waals surface area contributed by atoms with E-state index >= 15 is 0 Å². The number of anilines is 1. The highest BCUT2D eigenvalue weighted by molar-refractivity contribution is 5.85. The SMILES string of the molecule is O=Cc1c(F)cccc1N1CCCC(CCO)C1. The third-order valence-electron chi connectivity index (χ3n) is 3.54. The quantitative estimate of drug-likeness (QED) is 0.834. The van der Waals surface area contributed by atoms with E-state index in [0.717, 1.165) is 32.4 Å². The number of hydrogen-bond donors (Lipinski definition) is 1. The molecule has 0 radical (unpaired) electrons. The second kappa shape index (κ2) is 5.96. The Balaban J connectivity index is 2.20. The van der Waals surface area contributed by atoms with Gasteiger partial charge in [-0.3, -0.25) is 4.79 Å². The van der Waals surface area contributed by atoms with Crippen molar-refractivity contribution in [2.45, 2.75) is 19.3 Å². The molecule has 0 bridgehead atoms. The van der Waals surface area contributed by atoms with Crippen molar-refractivity contribution in [1.29, 1.82) is 0 Å². The highest BCUT2D eigenvalue weighted by Crippen LogP contribution is 2.28. The minimum atomic E-state index is -0.466. The van der Waals surface area contributed by atoms with Crippen molar-refractivity contribution in [2.24, 2.45) is 5.92 Å². The first-order valence-corrected chi connectivity index (χ1v) is 6.35. The van der Waals surface area contributed by atoms with Gasteiger partial charge in [-0.25, -0.2) is 4.39 Å². The molecule has 1 aromatic carbocycles. The minimum Gasteiger partial charge on any atom is -0.396 e. The molecule has 1 aliphatic rings. The van der Waals surface area contributed by atoms with Crippen LogP contribution in [0.5, 0.6) is 0 Å². The zero-order valence-electron chi connectivity index (χ0n) is 10.3. The van der Waals surface area contributed by atoms with Gasteiger partial charge in [-0.15, -0.1) is 0 Å². The predicted octanol–water partition coefficient (Wildman–Crippen LogP) is 2.24. The predicted molar refractivity (Wildman–Crippen MR) is 68.4 cm³/mol. The van der Waals surface area contributed by atoms with Gasteiger partial charge in [0.2, 0.25) is 0 Å². The molecule has 1 saturated heterocycles. The van der Waals surface area contributed by atoms with Crippen LogP contribution in [0, 0.1) is 11.7 Å². The second-order valence-corrected chi connectivity index (χ2v) is 4.76. The zero-order valence-corrected chi connectivity index (χ0v) is 10.3. The molecular weight excluding hydrogens is 233 g/mol. The van der Waals surface area contributed by atoms with Gasteiger partial charge in [0.25, 0.3) is 0 Å². The summed E-state index contributed by atoms with van der Waals surface area (Å²) in [5.74, 6) is -0.0432. The van der Waals surface area contributed by atoms with E-state index in [4.69, 9.17) is 5.11 Å². The van der Waals surface area contributed by atoms with Gasteiger partial charge in [-0.1, -0.05) is 6.07 Å². The number of halogens is 1. The van der Waals surface area contributed by atoms with Crippen molar-refractivity contribution in [3.63, 3.8) is 0 Å². The largest absolute Gasteiger partial charge is 0.396 e. The Bertz CT molecular complexity index is 420. The summed E-state index contributed by atoms with van der Waals surface area (Å²) < 4.78 is 13.6. The Morgan fingerprint density at radius 3 is 3.06 bits per heavy atom. The first-order chi connectivity index (χ1) is 8.76. The molecule has 1 N–H and O–H groups in total. The summed E-state index contributed by atoms with van der Waals surface area (Å²) in [4.78, 5) is 13.0. The molecule has 1 aliphatic heterocycles. The lowest BCUT2D eigenvalue weighted by molar-refractivity contribution is 0.112.